The molecule has 0 bridgehead atoms. The Bertz CT molecular complexity index is 966. The highest BCUT2D eigenvalue weighted by molar-refractivity contribution is 5.38. The van der Waals surface area contributed by atoms with E-state index in [1.54, 1.807) is 0 Å². The largest absolute Gasteiger partial charge is 0.376 e. The van der Waals surface area contributed by atoms with Gasteiger partial charge in [0, 0.05) is 16.7 Å². The van der Waals surface area contributed by atoms with Crippen LogP contribution in [0.15, 0.2) is 91.0 Å². The van der Waals surface area contributed by atoms with Crippen LogP contribution in [0.25, 0.3) is 0 Å². The Morgan fingerprint density at radius 2 is 1.10 bits per heavy atom. The monoisotopic (exact) mass is 396 g/mol. The molecule has 0 saturated carbocycles. The predicted molar refractivity (Wildman–Crippen MR) is 122 cm³/mol. The van der Waals surface area contributed by atoms with Crippen molar-refractivity contribution in [3.05, 3.63) is 108 Å². The van der Waals surface area contributed by atoms with E-state index in [0.717, 1.165) is 5.56 Å². The molecule has 1 aliphatic rings. The maximum Gasteiger partial charge on any atom is 0.142 e. The van der Waals surface area contributed by atoms with E-state index < -0.39 is 5.60 Å². The van der Waals surface area contributed by atoms with Crippen molar-refractivity contribution >= 4 is 0 Å². The molecule has 2 nitrogen and oxygen atoms in total. The lowest BCUT2D eigenvalue weighted by molar-refractivity contribution is -0.961. The Hall–Kier alpha value is -2.86. The first-order chi connectivity index (χ1) is 14.5. The summed E-state index contributed by atoms with van der Waals surface area (Å²) >= 11 is 0. The Kier molecular flexibility index (Phi) is 5.77. The number of quaternary nitrogens is 1. The van der Waals surface area contributed by atoms with Gasteiger partial charge in [-0.15, -0.1) is 0 Å². The molecule has 0 spiro atoms. The smallest absolute Gasteiger partial charge is 0.142 e. The van der Waals surface area contributed by atoms with Gasteiger partial charge in [-0.3, -0.25) is 0 Å². The van der Waals surface area contributed by atoms with Crippen molar-refractivity contribution < 1.29 is 10.0 Å². The molecule has 0 aromatic heterocycles. The van der Waals surface area contributed by atoms with Crippen molar-refractivity contribution in [3.63, 3.8) is 0 Å². The van der Waals surface area contributed by atoms with Crippen molar-refractivity contribution in [1.29, 1.82) is 0 Å². The van der Waals surface area contributed by atoms with Crippen LogP contribution >= 0.6 is 0 Å². The molecule has 1 saturated heterocycles. The van der Waals surface area contributed by atoms with Crippen LogP contribution in [0, 0.1) is 23.7 Å². The van der Waals surface area contributed by atoms with E-state index in [-0.39, 0.29) is 23.9 Å². The van der Waals surface area contributed by atoms with Crippen molar-refractivity contribution in [2.45, 2.75) is 31.5 Å². The van der Waals surface area contributed by atoms with Crippen LogP contribution in [-0.4, -0.2) is 17.8 Å². The lowest BCUT2D eigenvalue weighted by atomic mass is 9.65. The van der Waals surface area contributed by atoms with E-state index in [9.17, 15) is 5.11 Å². The fourth-order valence-electron chi connectivity index (χ4n) is 5.25. The standard InChI is InChI=1S/C28H29NO/c1-21-26(24-15-9-5-10-16-24)29(3)27(25-17-11-6-12-18-25)22(2)28(21,30)20-19-23-13-7-4-8-14-23/h4-18,21-22,26-27,30H,1-3H3/p+1/t21-,22+,26-,27+,28?. The zero-order valence-electron chi connectivity index (χ0n) is 17.9. The third-order valence-corrected chi connectivity index (χ3v) is 6.87. The molecule has 3 aromatic rings. The van der Waals surface area contributed by atoms with E-state index in [4.69, 9.17) is 0 Å². The Morgan fingerprint density at radius 3 is 1.53 bits per heavy atom. The molecule has 0 radical (unpaired) electrons. The molecule has 0 amide bonds. The van der Waals surface area contributed by atoms with Gasteiger partial charge in [0.25, 0.3) is 0 Å². The van der Waals surface area contributed by atoms with Crippen molar-refractivity contribution in [3.8, 4) is 11.8 Å². The molecular weight excluding hydrogens is 366 g/mol. The summed E-state index contributed by atoms with van der Waals surface area (Å²) in [7, 11) is 2.26. The van der Waals surface area contributed by atoms with Gasteiger partial charge in [0.2, 0.25) is 0 Å². The molecular formula is C28H30NO+. The Balaban J connectivity index is 1.83. The molecule has 1 aliphatic heterocycles. The minimum atomic E-state index is -1.10. The van der Waals surface area contributed by atoms with E-state index in [2.05, 4.69) is 81.3 Å². The molecule has 2 heteroatoms. The van der Waals surface area contributed by atoms with E-state index in [0.29, 0.717) is 0 Å². The molecule has 30 heavy (non-hydrogen) atoms. The summed E-state index contributed by atoms with van der Waals surface area (Å²) in [6.45, 7) is 4.30. The third-order valence-electron chi connectivity index (χ3n) is 6.87. The summed E-state index contributed by atoms with van der Waals surface area (Å²) in [5, 5.41) is 12.1. The molecule has 152 valence electrons. The van der Waals surface area contributed by atoms with Crippen molar-refractivity contribution in [1.82, 2.24) is 0 Å². The third kappa shape index (κ3) is 3.67. The van der Waals surface area contributed by atoms with Gasteiger partial charge in [-0.25, -0.2) is 0 Å². The van der Waals surface area contributed by atoms with Crippen LogP contribution in [0.2, 0.25) is 0 Å². The molecule has 0 aliphatic carbocycles. The minimum absolute atomic E-state index is 0.0222. The maximum atomic E-state index is 12.1. The van der Waals surface area contributed by atoms with E-state index >= 15 is 0 Å². The summed E-state index contributed by atoms with van der Waals surface area (Å²) < 4.78 is 0. The van der Waals surface area contributed by atoms with Crippen molar-refractivity contribution in [2.24, 2.45) is 11.8 Å². The van der Waals surface area contributed by atoms with Crippen LogP contribution in [0.1, 0.15) is 42.6 Å². The van der Waals surface area contributed by atoms with Gasteiger partial charge in [-0.1, -0.05) is 105 Å². The first-order valence-corrected chi connectivity index (χ1v) is 10.8. The average Bonchev–Trinajstić information content (AvgIpc) is 2.79. The lowest BCUT2D eigenvalue weighted by Gasteiger charge is -2.51. The summed E-state index contributed by atoms with van der Waals surface area (Å²) in [6, 6.07) is 31.4. The van der Waals surface area contributed by atoms with E-state index in [1.165, 1.54) is 16.0 Å². The van der Waals surface area contributed by atoms with Gasteiger partial charge < -0.3 is 10.0 Å². The summed E-state index contributed by atoms with van der Waals surface area (Å²) in [5.41, 5.74) is 2.32. The molecule has 2 unspecified atom stereocenters. The van der Waals surface area contributed by atoms with Gasteiger partial charge in [-0.05, 0) is 12.1 Å². The fourth-order valence-corrected chi connectivity index (χ4v) is 5.25. The number of benzene rings is 3. The van der Waals surface area contributed by atoms with Gasteiger partial charge in [0.05, 0.1) is 18.9 Å². The highest BCUT2D eigenvalue weighted by Gasteiger charge is 2.56. The number of hydrogen-bond acceptors (Lipinski definition) is 1. The topological polar surface area (TPSA) is 24.7 Å². The zero-order chi connectivity index (χ0) is 21.1. The zero-order valence-corrected chi connectivity index (χ0v) is 17.9. The fraction of sp³-hybridized carbons (Fsp3) is 0.286. The van der Waals surface area contributed by atoms with Crippen LogP contribution in [-0.2, 0) is 0 Å². The number of likely N-dealkylation sites (tertiary alicyclic amines) is 1. The molecule has 1 heterocycles. The first kappa shape index (κ1) is 20.4. The minimum Gasteiger partial charge on any atom is -0.376 e. The first-order valence-electron chi connectivity index (χ1n) is 10.8. The van der Waals surface area contributed by atoms with Crippen LogP contribution in [0.4, 0.5) is 0 Å². The summed E-state index contributed by atoms with van der Waals surface area (Å²) in [6.07, 6.45) is 0. The molecule has 4 rings (SSSR count). The highest BCUT2D eigenvalue weighted by Crippen LogP contribution is 2.43. The van der Waals surface area contributed by atoms with Gasteiger partial charge in [-0.2, -0.15) is 0 Å². The SMILES string of the molecule is C[C@@H]1[C@H](c2ccccc2)[NH+](C)[C@H](c2ccccc2)[C@H](C)C1(O)C#Cc1ccccc1. The predicted octanol–water partition coefficient (Wildman–Crippen LogP) is 4.05. The van der Waals surface area contributed by atoms with Crippen LogP contribution in [0.5, 0.6) is 0 Å². The second-order valence-electron chi connectivity index (χ2n) is 8.54. The Morgan fingerprint density at radius 1 is 0.700 bits per heavy atom. The molecule has 6 atom stereocenters. The quantitative estimate of drug-likeness (QED) is 0.628. The maximum absolute atomic E-state index is 12.1. The second-order valence-corrected chi connectivity index (χ2v) is 8.54. The summed E-state index contributed by atoms with van der Waals surface area (Å²) in [4.78, 5) is 1.40. The van der Waals surface area contributed by atoms with Crippen molar-refractivity contribution in [2.75, 3.05) is 7.05 Å². The average molecular weight is 397 g/mol. The molecule has 1 fully saturated rings. The molecule has 3 aromatic carbocycles. The number of nitrogens with one attached hydrogen (secondary N) is 1. The van der Waals surface area contributed by atoms with Gasteiger partial charge in [0.15, 0.2) is 0 Å². The molecule has 2 N–H and O–H groups in total. The number of piperidine rings is 1. The van der Waals surface area contributed by atoms with Gasteiger partial charge in [0.1, 0.15) is 17.7 Å². The van der Waals surface area contributed by atoms with Crippen LogP contribution < -0.4 is 4.90 Å². The number of hydrogen-bond donors (Lipinski definition) is 2. The van der Waals surface area contributed by atoms with Gasteiger partial charge >= 0.3 is 0 Å². The van der Waals surface area contributed by atoms with E-state index in [1.807, 2.05) is 42.5 Å². The lowest BCUT2D eigenvalue weighted by Crippen LogP contribution is -3.13. The normalized spacial score (nSPS) is 30.9. The summed E-state index contributed by atoms with van der Waals surface area (Å²) in [5.74, 6) is 6.55. The Labute approximate surface area is 180 Å². The number of aliphatic hydroxyl groups is 1. The second kappa shape index (κ2) is 8.48. The van der Waals surface area contributed by atoms with Crippen LogP contribution in [0.3, 0.4) is 0 Å². The highest BCUT2D eigenvalue weighted by atomic mass is 16.3. The number of rotatable bonds is 2.